The van der Waals surface area contributed by atoms with Crippen LogP contribution < -0.4 is 5.32 Å². The van der Waals surface area contributed by atoms with Gasteiger partial charge in [-0.05, 0) is 31.6 Å². The molecule has 8 nitrogen and oxygen atoms in total. The Hall–Kier alpha value is -2.03. The fourth-order valence-electron chi connectivity index (χ4n) is 3.38. The van der Waals surface area contributed by atoms with Gasteiger partial charge in [0, 0.05) is 19.2 Å². The minimum absolute atomic E-state index is 0.00236. The third-order valence-electron chi connectivity index (χ3n) is 4.95. The summed E-state index contributed by atoms with van der Waals surface area (Å²) in [4.78, 5) is 36.8. The molecule has 1 atom stereocenters. The molecule has 1 aromatic rings. The van der Waals surface area contributed by atoms with Gasteiger partial charge in [-0.3, -0.25) is 14.4 Å². The Morgan fingerprint density at radius 1 is 1.40 bits per heavy atom. The number of carbonyl (C=O) groups is 3. The first-order chi connectivity index (χ1) is 11.9. The van der Waals surface area contributed by atoms with Gasteiger partial charge in [-0.15, -0.1) is 11.8 Å². The van der Waals surface area contributed by atoms with Crippen molar-refractivity contribution in [3.63, 3.8) is 0 Å². The van der Waals surface area contributed by atoms with Crippen molar-refractivity contribution in [2.75, 3.05) is 29.9 Å². The standard InChI is InChI=1S/C16H21N3O5S/c1-10-6-12(18-24-10)17-13(20)8-25-9-14(21)19-4-2-16(3-5-19)7-11(16)15(22)23/h6,11H,2-5,7-9H2,1H3,(H,22,23)(H,17,18,20). The first-order valence-corrected chi connectivity index (χ1v) is 9.37. The molecule has 1 aliphatic heterocycles. The average Bonchev–Trinajstić information content (AvgIpc) is 3.12. The lowest BCUT2D eigenvalue weighted by Gasteiger charge is -2.32. The quantitative estimate of drug-likeness (QED) is 0.781. The predicted octanol–water partition coefficient (Wildman–Crippen LogP) is 1.37. The highest BCUT2D eigenvalue weighted by Gasteiger charge is 2.59. The molecule has 1 aromatic heterocycles. The maximum absolute atomic E-state index is 12.2. The van der Waals surface area contributed by atoms with E-state index in [2.05, 4.69) is 10.5 Å². The number of thioether (sulfide) groups is 1. The minimum atomic E-state index is -0.719. The van der Waals surface area contributed by atoms with Crippen molar-refractivity contribution < 1.29 is 24.0 Å². The van der Waals surface area contributed by atoms with Crippen molar-refractivity contribution in [2.45, 2.75) is 26.2 Å². The molecule has 0 radical (unpaired) electrons. The SMILES string of the molecule is Cc1cc(NC(=O)CSCC(=O)N2CCC3(CC2)CC3C(=O)O)no1. The van der Waals surface area contributed by atoms with E-state index in [0.29, 0.717) is 24.7 Å². The van der Waals surface area contributed by atoms with Crippen LogP contribution in [0.4, 0.5) is 5.82 Å². The van der Waals surface area contributed by atoms with Crippen LogP contribution in [0.3, 0.4) is 0 Å². The number of aliphatic carboxylic acids is 1. The van der Waals surface area contributed by atoms with Gasteiger partial charge in [0.05, 0.1) is 17.4 Å². The first-order valence-electron chi connectivity index (χ1n) is 8.21. The Bertz CT molecular complexity index is 681. The summed E-state index contributed by atoms with van der Waals surface area (Å²) in [5.41, 5.74) is -0.0780. The zero-order chi connectivity index (χ0) is 18.0. The van der Waals surface area contributed by atoms with Gasteiger partial charge in [0.25, 0.3) is 0 Å². The second kappa shape index (κ2) is 7.07. The highest BCUT2D eigenvalue weighted by molar-refractivity contribution is 8.00. The number of amides is 2. The second-order valence-corrected chi connectivity index (χ2v) is 7.69. The van der Waals surface area contributed by atoms with Crippen LogP contribution in [0.2, 0.25) is 0 Å². The van der Waals surface area contributed by atoms with Gasteiger partial charge in [0.15, 0.2) is 5.82 Å². The Morgan fingerprint density at radius 2 is 2.12 bits per heavy atom. The van der Waals surface area contributed by atoms with Gasteiger partial charge in [-0.1, -0.05) is 5.16 Å². The molecular formula is C16H21N3O5S. The Labute approximate surface area is 149 Å². The number of carbonyl (C=O) groups excluding carboxylic acids is 2. The van der Waals surface area contributed by atoms with E-state index in [0.717, 1.165) is 19.3 Å². The topological polar surface area (TPSA) is 113 Å². The number of piperidine rings is 1. The molecule has 2 heterocycles. The van der Waals surface area contributed by atoms with Gasteiger partial charge in [0.1, 0.15) is 5.76 Å². The maximum atomic E-state index is 12.2. The van der Waals surface area contributed by atoms with Gasteiger partial charge in [0.2, 0.25) is 11.8 Å². The summed E-state index contributed by atoms with van der Waals surface area (Å²) in [5.74, 6) is 0.196. The lowest BCUT2D eigenvalue weighted by atomic mass is 9.91. The van der Waals surface area contributed by atoms with Crippen molar-refractivity contribution in [2.24, 2.45) is 11.3 Å². The molecule has 2 N–H and O–H groups in total. The first kappa shape index (κ1) is 17.8. The fraction of sp³-hybridized carbons (Fsp3) is 0.625. The molecular weight excluding hydrogens is 346 g/mol. The summed E-state index contributed by atoms with van der Waals surface area (Å²) in [6.45, 7) is 2.94. The highest BCUT2D eigenvalue weighted by Crippen LogP contribution is 2.59. The van der Waals surface area contributed by atoms with E-state index in [-0.39, 0.29) is 34.7 Å². The van der Waals surface area contributed by atoms with E-state index < -0.39 is 5.97 Å². The highest BCUT2D eigenvalue weighted by atomic mass is 32.2. The molecule has 2 fully saturated rings. The Balaban J connectivity index is 1.35. The van der Waals surface area contributed by atoms with Gasteiger partial charge >= 0.3 is 5.97 Å². The van der Waals surface area contributed by atoms with Crippen LogP contribution in [0.25, 0.3) is 0 Å². The lowest BCUT2D eigenvalue weighted by Crippen LogP contribution is -2.41. The molecule has 25 heavy (non-hydrogen) atoms. The van der Waals surface area contributed by atoms with E-state index >= 15 is 0 Å². The summed E-state index contributed by atoms with van der Waals surface area (Å²) in [6.07, 6.45) is 2.25. The van der Waals surface area contributed by atoms with Crippen molar-refractivity contribution >= 4 is 35.4 Å². The van der Waals surface area contributed by atoms with Gasteiger partial charge in [-0.25, -0.2) is 0 Å². The number of hydrogen-bond donors (Lipinski definition) is 2. The van der Waals surface area contributed by atoms with Crippen LogP contribution in [0.15, 0.2) is 10.6 Å². The number of anilines is 1. The number of hydrogen-bond acceptors (Lipinski definition) is 6. The third kappa shape index (κ3) is 4.15. The molecule has 3 rings (SSSR count). The number of likely N-dealkylation sites (tertiary alicyclic amines) is 1. The van der Waals surface area contributed by atoms with E-state index in [1.165, 1.54) is 11.8 Å². The van der Waals surface area contributed by atoms with Crippen molar-refractivity contribution in [1.82, 2.24) is 10.1 Å². The van der Waals surface area contributed by atoms with Crippen LogP contribution in [0, 0.1) is 18.3 Å². The monoisotopic (exact) mass is 367 g/mol. The zero-order valence-corrected chi connectivity index (χ0v) is 14.8. The number of aromatic nitrogens is 1. The van der Waals surface area contributed by atoms with Crippen LogP contribution in [0.5, 0.6) is 0 Å². The molecule has 1 aliphatic carbocycles. The number of carboxylic acid groups (broad SMARTS) is 1. The molecule has 9 heteroatoms. The van der Waals surface area contributed by atoms with Gasteiger partial charge < -0.3 is 19.8 Å². The van der Waals surface area contributed by atoms with Crippen LogP contribution in [-0.4, -0.2) is 57.5 Å². The zero-order valence-electron chi connectivity index (χ0n) is 14.0. The van der Waals surface area contributed by atoms with Crippen LogP contribution in [-0.2, 0) is 14.4 Å². The summed E-state index contributed by atoms with van der Waals surface area (Å²) >= 11 is 1.25. The van der Waals surface area contributed by atoms with Crippen LogP contribution in [0.1, 0.15) is 25.0 Å². The van der Waals surface area contributed by atoms with E-state index in [1.54, 1.807) is 17.9 Å². The molecule has 1 spiro atoms. The number of nitrogens with one attached hydrogen (secondary N) is 1. The summed E-state index contributed by atoms with van der Waals surface area (Å²) in [7, 11) is 0. The number of nitrogens with zero attached hydrogens (tertiary/aromatic N) is 2. The average molecular weight is 367 g/mol. The molecule has 1 saturated heterocycles. The number of aryl methyl sites for hydroxylation is 1. The Morgan fingerprint density at radius 3 is 2.68 bits per heavy atom. The van der Waals surface area contributed by atoms with E-state index in [4.69, 9.17) is 9.63 Å². The smallest absolute Gasteiger partial charge is 0.307 e. The van der Waals surface area contributed by atoms with Crippen molar-refractivity contribution in [3.05, 3.63) is 11.8 Å². The van der Waals surface area contributed by atoms with Crippen molar-refractivity contribution in [3.8, 4) is 0 Å². The van der Waals surface area contributed by atoms with E-state index in [9.17, 15) is 14.4 Å². The second-order valence-electron chi connectivity index (χ2n) is 6.70. The molecule has 1 unspecified atom stereocenters. The third-order valence-corrected chi connectivity index (χ3v) is 5.87. The lowest BCUT2D eigenvalue weighted by molar-refractivity contribution is -0.139. The largest absolute Gasteiger partial charge is 0.481 e. The predicted molar refractivity (Wildman–Crippen MR) is 91.2 cm³/mol. The summed E-state index contributed by atoms with van der Waals surface area (Å²) in [5, 5.41) is 15.4. The molecule has 0 aromatic carbocycles. The van der Waals surface area contributed by atoms with Crippen molar-refractivity contribution in [1.29, 1.82) is 0 Å². The summed E-state index contributed by atoms with van der Waals surface area (Å²) < 4.78 is 4.86. The fourth-order valence-corrected chi connectivity index (χ4v) is 4.09. The molecule has 136 valence electrons. The molecule has 2 aliphatic rings. The van der Waals surface area contributed by atoms with E-state index in [1.807, 2.05) is 0 Å². The number of rotatable bonds is 6. The molecule has 0 bridgehead atoms. The van der Waals surface area contributed by atoms with Gasteiger partial charge in [-0.2, -0.15) is 0 Å². The summed E-state index contributed by atoms with van der Waals surface area (Å²) in [6, 6.07) is 1.62. The Kier molecular flexibility index (Phi) is 5.03. The maximum Gasteiger partial charge on any atom is 0.307 e. The molecule has 1 saturated carbocycles. The normalized spacial score (nSPS) is 21.2. The van der Waals surface area contributed by atoms with Crippen LogP contribution >= 0.6 is 11.8 Å². The number of carboxylic acids is 1. The molecule has 2 amide bonds. The minimum Gasteiger partial charge on any atom is -0.481 e.